The minimum absolute atomic E-state index is 0.910. The first-order valence-electron chi connectivity index (χ1n) is 42.7. The van der Waals surface area contributed by atoms with Crippen LogP contribution in [0.1, 0.15) is 27.7 Å². The van der Waals surface area contributed by atoms with E-state index < -0.39 is 434 Å². The first-order valence-corrected chi connectivity index (χ1v) is 42.7. The van der Waals surface area contributed by atoms with E-state index in [0.717, 1.165) is 27.7 Å². The monoisotopic (exact) mass is 1960 g/mol. The fraction of sp³-hybridized carbons (Fsp3) is 0.946. The fourth-order valence-electron chi connectivity index (χ4n) is 17.6. The van der Waals surface area contributed by atoms with Gasteiger partial charge in [0.2, 0.25) is 23.6 Å². The normalized spacial score (nSPS) is 49.8. The molecule has 11 rings (SSSR count). The maximum atomic E-state index is 13.1. The largest absolute Gasteiger partial charge is 0.394 e. The summed E-state index contributed by atoms with van der Waals surface area (Å²) in [5.74, 6) is -3.87. The second kappa shape index (κ2) is 48.3. The minimum atomic E-state index is -2.43. The summed E-state index contributed by atoms with van der Waals surface area (Å²) < 4.78 is 122. The first kappa shape index (κ1) is 110. The van der Waals surface area contributed by atoms with Crippen LogP contribution in [-0.2, 0) is 119 Å². The molecule has 11 saturated heterocycles. The number of ether oxygens (including phenoxy) is 21. The third kappa shape index (κ3) is 23.8. The van der Waals surface area contributed by atoms with Crippen LogP contribution in [0, 0.1) is 0 Å². The summed E-state index contributed by atoms with van der Waals surface area (Å²) in [5, 5.41) is 354. The van der Waals surface area contributed by atoms with Crippen LogP contribution in [0.3, 0.4) is 0 Å². The summed E-state index contributed by atoms with van der Waals surface area (Å²) in [5.41, 5.74) is 0. The highest BCUT2D eigenvalue weighted by Crippen LogP contribution is 2.42. The van der Waals surface area contributed by atoms with E-state index in [1.165, 1.54) is 0 Å². The highest BCUT2D eigenvalue weighted by atomic mass is 16.8. The van der Waals surface area contributed by atoms with Gasteiger partial charge in [-0.05, 0) is 0 Å². The van der Waals surface area contributed by atoms with Gasteiger partial charge in [-0.2, -0.15) is 0 Å². The predicted octanol–water partition coefficient (Wildman–Crippen LogP) is -24.4. The van der Waals surface area contributed by atoms with Gasteiger partial charge in [-0.3, -0.25) is 19.2 Å². The van der Waals surface area contributed by atoms with E-state index in [4.69, 9.17) is 99.5 Å². The molecule has 60 heteroatoms. The van der Waals surface area contributed by atoms with E-state index in [9.17, 15) is 177 Å². The number of carbonyl (C=O) groups is 4. The molecule has 11 aliphatic heterocycles. The van der Waals surface area contributed by atoms with Crippen molar-refractivity contribution >= 4 is 23.6 Å². The minimum Gasteiger partial charge on any atom is -0.394 e. The second-order valence-electron chi connectivity index (χ2n) is 33.7. The summed E-state index contributed by atoms with van der Waals surface area (Å²) in [4.78, 5) is 52.0. The maximum Gasteiger partial charge on any atom is 0.217 e. The van der Waals surface area contributed by atoms with Gasteiger partial charge in [0.15, 0.2) is 69.2 Å². The SMILES string of the molecule is CC(=O)N[C@H]1[C@H](O[C@H]2[C@@H](O)[C@@H](CO)O[C@@H](O[C@H]3[C@H](O)[C@@H](O)[C@H](O)O[C@@H]3CO)[C@@H]2O)O[C@H](CO)[C@@H](O[C@@H]2O[C@H](CO)[C@H](O)[C@H](O[C@@H]3O[C@H](CO)[C@@H](O[C@@H]4O[C@H](CO)[C@H](O)[C@H](O[C@@H]5O[C@H](CO)[C@@H](O[C@@H]6O[C@H](CO)[C@H](O)[C@H](O[C@@H]7O[C@H](CO)[C@@H](O[C@@H]8O[C@H](CO)[C@H](O)[C@H](O[C@H]9O[C@H](CO)[C@H](O)[C@H](O)[C@H]9O)[C@H]8O)[C@H](O)[C@H]7NC(C)=O)[C@H]6O)[C@H](O)[C@H]5NC(C)=O)[C@H]4O)[C@H](O)[C@H]3NC(C)=O)[C@H]2O)[C@@H]1O. The van der Waals surface area contributed by atoms with E-state index in [0.29, 0.717) is 0 Å². The van der Waals surface area contributed by atoms with Crippen LogP contribution in [-0.4, -0.2) is 592 Å². The molecule has 0 saturated carbocycles. The smallest absolute Gasteiger partial charge is 0.217 e. The number of carbonyl (C=O) groups excluding carboxylic acids is 4. The lowest BCUT2D eigenvalue weighted by Gasteiger charge is -2.51. The van der Waals surface area contributed by atoms with E-state index >= 15 is 0 Å². The number of aliphatic hydroxyl groups is 31. The van der Waals surface area contributed by atoms with Crippen LogP contribution in [0.4, 0.5) is 0 Å². The Bertz CT molecular complexity index is 3620. The van der Waals surface area contributed by atoms with E-state index in [2.05, 4.69) is 21.3 Å². The van der Waals surface area contributed by atoms with Gasteiger partial charge in [-0.15, -0.1) is 0 Å². The highest BCUT2D eigenvalue weighted by molar-refractivity contribution is 5.74. The molecule has 0 aliphatic carbocycles. The van der Waals surface area contributed by atoms with Crippen LogP contribution < -0.4 is 21.3 Å². The van der Waals surface area contributed by atoms with Crippen LogP contribution in [0.5, 0.6) is 0 Å². The molecular weight excluding hydrogens is 1840 g/mol. The Balaban J connectivity index is 0.761. The fourth-order valence-corrected chi connectivity index (χ4v) is 17.6. The van der Waals surface area contributed by atoms with Crippen molar-refractivity contribution in [1.29, 1.82) is 0 Å². The molecule has 0 aromatic carbocycles. The Morgan fingerprint density at radius 1 is 0.179 bits per heavy atom. The van der Waals surface area contributed by atoms with Gasteiger partial charge in [0.1, 0.15) is 268 Å². The third-order valence-corrected chi connectivity index (χ3v) is 24.6. The Morgan fingerprint density at radius 2 is 0.343 bits per heavy atom. The molecule has 55 atom stereocenters. The standard InChI is InChI=1S/C74H124N4O56/c1-16(90)75-31-41(100)54(27(12-86)121-66(31)131-60-37(96)22(7-81)118-72(50(60)109)127-56-29(14-88)123-68(33(43(56)102)77-18(3)92)133-62-39(98)24(9-83)120-74(52(62)111)129-58-26(11-85)114-64(113)47(106)46(58)105)125-70-49(108)59(36(95)21(6-80)116-70)130-65-32(76-17(2)91)42(101)55(28(13-87)122-65)126-71-51(110)61(38(97)23(8-82)117-71)132-67-34(78-19(4)93)44(103)57(30(15-89)124-67)128-73-53(112)63(40(99)25(10-84)119-73)134-69-48(107)45(104)35(94)20(5-79)115-69/h20-74,79-89,94-113H,5-15H2,1-4H3,(H,75,90)(H,76,91)(H,77,92)(H,78,93)/t20-,21-,22-,23-,24-,25-,26-,27-,28-,29-,30-,31-,32-,33-,34-,35+,36+,37+,38+,39+,40+,41-,42-,43-,44-,45+,46-,47-,48-,49-,50-,51-,52-,53-,54-,55-,56-,57-,58-,59+,60+,61+,62+,63+,64-,65+,66+,67+,68+,69-,70+,71+,72+,73+,74+/m1/s1. The summed E-state index contributed by atoms with van der Waals surface area (Å²) in [7, 11) is 0. The molecule has 35 N–H and O–H groups in total. The van der Waals surface area contributed by atoms with Crippen molar-refractivity contribution in [2.75, 3.05) is 72.7 Å². The Hall–Kier alpha value is -4.20. The van der Waals surface area contributed by atoms with Crippen molar-refractivity contribution in [3.05, 3.63) is 0 Å². The van der Waals surface area contributed by atoms with E-state index in [1.807, 2.05) is 0 Å². The maximum absolute atomic E-state index is 13.1. The first-order chi connectivity index (χ1) is 63.5. The molecule has 0 spiro atoms. The molecule has 11 aliphatic rings. The molecule has 11 fully saturated rings. The van der Waals surface area contributed by atoms with Crippen LogP contribution in [0.15, 0.2) is 0 Å². The lowest BCUT2D eigenvalue weighted by molar-refractivity contribution is -0.391. The van der Waals surface area contributed by atoms with Gasteiger partial charge in [0.25, 0.3) is 0 Å². The number of hydrogen-bond donors (Lipinski definition) is 35. The average Bonchev–Trinajstić information content (AvgIpc) is 0.758. The summed E-state index contributed by atoms with van der Waals surface area (Å²) >= 11 is 0. The molecule has 0 radical (unpaired) electrons. The summed E-state index contributed by atoms with van der Waals surface area (Å²) in [6, 6.07) is -7.85. The molecule has 134 heavy (non-hydrogen) atoms. The van der Waals surface area contributed by atoms with Crippen LogP contribution in [0.25, 0.3) is 0 Å². The molecule has 0 unspecified atom stereocenters. The molecular formula is C74H124N4O56. The third-order valence-electron chi connectivity index (χ3n) is 24.6. The zero-order valence-electron chi connectivity index (χ0n) is 71.6. The average molecular weight is 1970 g/mol. The topological polar surface area (TPSA) is 937 Å². The number of nitrogens with one attached hydrogen (secondary N) is 4. The second-order valence-corrected chi connectivity index (χ2v) is 33.7. The molecule has 11 heterocycles. The Labute approximate surface area is 757 Å². The van der Waals surface area contributed by atoms with E-state index in [1.54, 1.807) is 0 Å². The van der Waals surface area contributed by atoms with Crippen LogP contribution >= 0.6 is 0 Å². The molecule has 4 amide bonds. The van der Waals surface area contributed by atoms with Crippen molar-refractivity contribution < 1.29 is 277 Å². The van der Waals surface area contributed by atoms with E-state index in [-0.39, 0.29) is 0 Å². The zero-order valence-corrected chi connectivity index (χ0v) is 71.6. The van der Waals surface area contributed by atoms with Gasteiger partial charge in [0, 0.05) is 27.7 Å². The van der Waals surface area contributed by atoms with Gasteiger partial charge >= 0.3 is 0 Å². The number of rotatable bonds is 35. The number of hydrogen-bond acceptors (Lipinski definition) is 56. The number of aliphatic hydroxyl groups excluding tert-OH is 31. The van der Waals surface area contributed by atoms with Crippen molar-refractivity contribution in [3.63, 3.8) is 0 Å². The Kier molecular flexibility index (Phi) is 39.7. The molecule has 0 aromatic heterocycles. The van der Waals surface area contributed by atoms with Crippen LogP contribution in [0.2, 0.25) is 0 Å². The van der Waals surface area contributed by atoms with Crippen molar-refractivity contribution in [3.8, 4) is 0 Å². The lowest BCUT2D eigenvalue weighted by atomic mass is 9.93. The van der Waals surface area contributed by atoms with Crippen molar-refractivity contribution in [2.45, 2.75) is 365 Å². The van der Waals surface area contributed by atoms with Gasteiger partial charge in [0.05, 0.1) is 72.7 Å². The van der Waals surface area contributed by atoms with Crippen molar-refractivity contribution in [1.82, 2.24) is 21.3 Å². The highest BCUT2D eigenvalue weighted by Gasteiger charge is 2.63. The molecule has 776 valence electrons. The molecule has 60 nitrogen and oxygen atoms in total. The number of amides is 4. The predicted molar refractivity (Wildman–Crippen MR) is 409 cm³/mol. The van der Waals surface area contributed by atoms with Gasteiger partial charge in [-0.1, -0.05) is 0 Å². The lowest BCUT2D eigenvalue weighted by Crippen LogP contribution is -2.71. The van der Waals surface area contributed by atoms with Gasteiger partial charge in [-0.25, -0.2) is 0 Å². The van der Waals surface area contributed by atoms with Gasteiger partial charge < -0.3 is 279 Å². The molecule has 0 bridgehead atoms. The van der Waals surface area contributed by atoms with Crippen molar-refractivity contribution in [2.24, 2.45) is 0 Å². The quantitative estimate of drug-likeness (QED) is 0.0280. The molecule has 0 aromatic rings. The Morgan fingerprint density at radius 3 is 0.545 bits per heavy atom. The summed E-state index contributed by atoms with van der Waals surface area (Å²) in [6.07, 6.45) is -106. The summed E-state index contributed by atoms with van der Waals surface area (Å²) in [6.45, 7) is -8.54. The zero-order chi connectivity index (χ0) is 98.5.